The smallest absolute Gasteiger partial charge is 0.407 e. The standard InChI is InChI=1S/C68H77N5O24/c1-41(75)85-40-55-59(92-43(3)77)56(73-68(83)90-39-49-28-18-9-19-29-49)60(93-44(4)78)63(95-55)97-58-51(71-66(81)88-37-47-24-14-7-15-25-47)32-50(70-65(80)87-36-46-22-12-6-13-23-46)57(61(58)84-31-30-74)96-62-52(72-67(82)89-38-48-26-16-8-17-27-48)33-53(91-42(2)76)54(94-62)34-69-64(79)86-35-45-20-10-5-11-21-45/h5-30,50-63H,31-40H2,1-4H3,(H,69,79)(H,70,80)(H,71,81)(H,72,82)(H,73,83)/t50-,51+,52-,53+,54-,55-,56+,57+,58-,59-,60-,61-,62-,63-/m1/s1. The summed E-state index contributed by atoms with van der Waals surface area (Å²) in [5.74, 6) is -3.54. The fourth-order valence-corrected chi connectivity index (χ4v) is 10.9. The van der Waals surface area contributed by atoms with Gasteiger partial charge in [0.1, 0.15) is 95.2 Å². The normalized spacial score (nSPS) is 24.2. The van der Waals surface area contributed by atoms with Crippen molar-refractivity contribution in [3.05, 3.63) is 179 Å². The molecule has 5 aromatic carbocycles. The molecule has 1 saturated carbocycles. The quantitative estimate of drug-likeness (QED) is 0.0216. The Hall–Kier alpha value is -10.2. The van der Waals surface area contributed by atoms with Gasteiger partial charge in [-0.15, -0.1) is 0 Å². The molecule has 0 radical (unpaired) electrons. The first kappa shape index (κ1) is 72.6. The molecule has 0 bridgehead atoms. The van der Waals surface area contributed by atoms with Crippen LogP contribution >= 0.6 is 0 Å². The number of aldehydes is 1. The Balaban J connectivity index is 1.23. The largest absolute Gasteiger partial charge is 0.463 e. The summed E-state index contributed by atoms with van der Waals surface area (Å²) < 4.78 is 84.6. The summed E-state index contributed by atoms with van der Waals surface area (Å²) in [5, 5.41) is 13.6. The third-order valence-corrected chi connectivity index (χ3v) is 15.2. The maximum Gasteiger partial charge on any atom is 0.407 e. The van der Waals surface area contributed by atoms with E-state index in [1.165, 1.54) is 0 Å². The molecule has 2 saturated heterocycles. The van der Waals surface area contributed by atoms with Gasteiger partial charge >= 0.3 is 54.3 Å². The van der Waals surface area contributed by atoms with Crippen molar-refractivity contribution in [2.75, 3.05) is 19.8 Å². The molecular weight excluding hydrogens is 1270 g/mol. The predicted molar refractivity (Wildman–Crippen MR) is 334 cm³/mol. The molecule has 97 heavy (non-hydrogen) atoms. The van der Waals surface area contributed by atoms with Crippen molar-refractivity contribution in [1.82, 2.24) is 26.6 Å². The molecule has 2 heterocycles. The van der Waals surface area contributed by atoms with E-state index in [0.29, 0.717) is 34.1 Å². The van der Waals surface area contributed by atoms with Crippen molar-refractivity contribution in [3.63, 3.8) is 0 Å². The van der Waals surface area contributed by atoms with Gasteiger partial charge in [-0.3, -0.25) is 19.2 Å². The fraction of sp³-hybridized carbons (Fsp3) is 0.412. The SMILES string of the molecule is CC(=O)OC[C@H]1O[C@H](O[C@H]2[C@H](OCC=O)[C@@H](O[C@H]3O[C@H](CNC(=O)OCc4ccccc4)[C@@H](OC(C)=O)C[C@H]3NC(=O)OCc3ccccc3)[C@H](NC(=O)OCc3ccccc3)C[C@@H]2NC(=O)OCc2ccccc2)[C@H](OC(C)=O)[C@@H](NC(=O)OCc2ccccc2)[C@@H]1OC(C)=O. The van der Waals surface area contributed by atoms with Gasteiger partial charge in [0.2, 0.25) is 0 Å². The summed E-state index contributed by atoms with van der Waals surface area (Å²) in [7, 11) is 0. The van der Waals surface area contributed by atoms with E-state index in [0.717, 1.165) is 27.7 Å². The van der Waals surface area contributed by atoms with Crippen molar-refractivity contribution in [2.45, 2.75) is 159 Å². The molecule has 29 heteroatoms. The molecular formula is C68H77N5O24. The lowest BCUT2D eigenvalue weighted by Crippen LogP contribution is -2.71. The zero-order valence-electron chi connectivity index (χ0n) is 53.5. The molecule has 3 aliphatic rings. The Bertz CT molecular complexity index is 3380. The molecule has 2 aliphatic heterocycles. The summed E-state index contributed by atoms with van der Waals surface area (Å²) in [6.07, 6.45) is -22.3. The molecule has 5 amide bonds. The number of alkyl carbamates (subject to hydrolysis) is 5. The minimum absolute atomic E-state index is 0.129. The number of rotatable bonds is 28. The predicted octanol–water partition coefficient (Wildman–Crippen LogP) is 6.05. The van der Waals surface area contributed by atoms with Crippen LogP contribution in [-0.4, -0.2) is 166 Å². The number of carbonyl (C=O) groups is 10. The lowest BCUT2D eigenvalue weighted by Gasteiger charge is -2.51. The van der Waals surface area contributed by atoms with Crippen molar-refractivity contribution in [2.24, 2.45) is 0 Å². The Morgan fingerprint density at radius 3 is 1.20 bits per heavy atom. The number of amides is 5. The van der Waals surface area contributed by atoms with E-state index in [1.54, 1.807) is 152 Å². The van der Waals surface area contributed by atoms with E-state index in [4.69, 9.17) is 66.3 Å². The second kappa shape index (κ2) is 37.2. The Kier molecular flexibility index (Phi) is 27.8. The van der Waals surface area contributed by atoms with Crippen LogP contribution in [0.15, 0.2) is 152 Å². The maximum atomic E-state index is 14.3. The Morgan fingerprint density at radius 2 is 0.784 bits per heavy atom. The van der Waals surface area contributed by atoms with Gasteiger partial charge in [-0.1, -0.05) is 152 Å². The molecule has 8 rings (SSSR count). The van der Waals surface area contributed by atoms with Gasteiger partial charge in [0, 0.05) is 34.1 Å². The topological polar surface area (TPSA) is 360 Å². The Labute approximate surface area is 557 Å². The summed E-state index contributed by atoms with van der Waals surface area (Å²) in [6.45, 7) is 1.24. The number of benzene rings is 5. The van der Waals surface area contributed by atoms with E-state index >= 15 is 0 Å². The van der Waals surface area contributed by atoms with Gasteiger partial charge in [0.25, 0.3) is 0 Å². The van der Waals surface area contributed by atoms with E-state index in [9.17, 15) is 47.9 Å². The molecule has 29 nitrogen and oxygen atoms in total. The zero-order chi connectivity index (χ0) is 69.1. The van der Waals surface area contributed by atoms with Crippen LogP contribution in [0.2, 0.25) is 0 Å². The number of carbonyl (C=O) groups excluding carboxylic acids is 10. The van der Waals surface area contributed by atoms with Crippen molar-refractivity contribution >= 4 is 60.6 Å². The van der Waals surface area contributed by atoms with E-state index in [-0.39, 0.29) is 39.5 Å². The summed E-state index contributed by atoms with van der Waals surface area (Å²) in [4.78, 5) is 135. The lowest BCUT2D eigenvalue weighted by molar-refractivity contribution is -0.323. The van der Waals surface area contributed by atoms with Crippen molar-refractivity contribution in [3.8, 4) is 0 Å². The number of hydrogen-bond donors (Lipinski definition) is 5. The maximum absolute atomic E-state index is 14.3. The van der Waals surface area contributed by atoms with Gasteiger partial charge in [0.05, 0.1) is 24.7 Å². The molecule has 0 aromatic heterocycles. The number of hydrogen-bond acceptors (Lipinski definition) is 24. The number of ether oxygens (including phenoxy) is 14. The average Bonchev–Trinajstić information content (AvgIpc) is 0.766. The molecule has 3 fully saturated rings. The number of nitrogens with one attached hydrogen (secondary N) is 5. The van der Waals surface area contributed by atoms with Crippen LogP contribution in [0.25, 0.3) is 0 Å². The number of esters is 4. The van der Waals surface area contributed by atoms with E-state index < -0.39 is 166 Å². The van der Waals surface area contributed by atoms with Crippen LogP contribution in [0.5, 0.6) is 0 Å². The third-order valence-electron chi connectivity index (χ3n) is 15.2. The van der Waals surface area contributed by atoms with Gasteiger partial charge in [-0.2, -0.15) is 0 Å². The van der Waals surface area contributed by atoms with Gasteiger partial charge in [-0.25, -0.2) is 24.0 Å². The van der Waals surface area contributed by atoms with Crippen molar-refractivity contribution < 1.29 is 114 Å². The van der Waals surface area contributed by atoms with Crippen LogP contribution in [0, 0.1) is 0 Å². The highest BCUT2D eigenvalue weighted by atomic mass is 16.7. The van der Waals surface area contributed by atoms with E-state index in [1.807, 2.05) is 0 Å². The summed E-state index contributed by atoms with van der Waals surface area (Å²) in [6, 6.07) is 37.3. The summed E-state index contributed by atoms with van der Waals surface area (Å²) in [5.41, 5.74) is 3.01. The molecule has 0 spiro atoms. The first-order valence-electron chi connectivity index (χ1n) is 31.0. The van der Waals surface area contributed by atoms with Crippen molar-refractivity contribution in [1.29, 1.82) is 0 Å². The molecule has 14 atom stereocenters. The third kappa shape index (κ3) is 23.3. The molecule has 5 aromatic rings. The van der Waals surface area contributed by atoms with Crippen LogP contribution in [0.1, 0.15) is 68.4 Å². The fourth-order valence-electron chi connectivity index (χ4n) is 10.9. The highest BCUT2D eigenvalue weighted by Crippen LogP contribution is 2.37. The highest BCUT2D eigenvalue weighted by Gasteiger charge is 2.57. The first-order valence-corrected chi connectivity index (χ1v) is 31.0. The molecule has 0 unspecified atom stereocenters. The second-order valence-electron chi connectivity index (χ2n) is 22.4. The first-order chi connectivity index (χ1) is 46.9. The zero-order valence-corrected chi connectivity index (χ0v) is 53.5. The van der Waals surface area contributed by atoms with Gasteiger partial charge < -0.3 is 97.7 Å². The molecule has 1 aliphatic carbocycles. The van der Waals surface area contributed by atoms with Gasteiger partial charge in [-0.05, 0) is 34.2 Å². The minimum atomic E-state index is -2.00. The van der Waals surface area contributed by atoms with Crippen LogP contribution in [0.3, 0.4) is 0 Å². The van der Waals surface area contributed by atoms with Gasteiger partial charge in [0.15, 0.2) is 24.8 Å². The summed E-state index contributed by atoms with van der Waals surface area (Å²) >= 11 is 0. The molecule has 518 valence electrons. The Morgan fingerprint density at radius 1 is 0.402 bits per heavy atom. The molecule has 5 N–H and O–H groups in total. The van der Waals surface area contributed by atoms with E-state index in [2.05, 4.69) is 26.6 Å². The van der Waals surface area contributed by atoms with Crippen LogP contribution in [-0.2, 0) is 123 Å². The minimum Gasteiger partial charge on any atom is -0.463 e. The van der Waals surface area contributed by atoms with Crippen LogP contribution in [0.4, 0.5) is 24.0 Å². The van der Waals surface area contributed by atoms with Crippen LogP contribution < -0.4 is 26.6 Å². The average molecular weight is 1350 g/mol. The monoisotopic (exact) mass is 1350 g/mol. The lowest BCUT2D eigenvalue weighted by atomic mass is 9.82. The highest BCUT2D eigenvalue weighted by molar-refractivity contribution is 5.71. The second-order valence-corrected chi connectivity index (χ2v) is 22.4.